The van der Waals surface area contributed by atoms with Gasteiger partial charge in [-0.25, -0.2) is 0 Å². The molecule has 3 rings (SSSR count). The second-order valence-electron chi connectivity index (χ2n) is 5.87. The number of rotatable bonds is 5. The predicted molar refractivity (Wildman–Crippen MR) is 110 cm³/mol. The zero-order chi connectivity index (χ0) is 17.6. The second kappa shape index (κ2) is 8.28. The summed E-state index contributed by atoms with van der Waals surface area (Å²) in [6, 6.07) is 20.2. The van der Waals surface area contributed by atoms with Crippen LogP contribution in [-0.2, 0) is 11.2 Å². The van der Waals surface area contributed by atoms with Crippen LogP contribution in [0.4, 0.5) is 0 Å². The normalized spacial score (nSPS) is 16.8. The first-order valence-corrected chi connectivity index (χ1v) is 9.38. The Morgan fingerprint density at radius 2 is 1.72 bits per heavy atom. The van der Waals surface area contributed by atoms with E-state index in [4.69, 9.17) is 12.2 Å². The maximum absolute atomic E-state index is 12.6. The zero-order valence-electron chi connectivity index (χ0n) is 14.0. The van der Waals surface area contributed by atoms with Gasteiger partial charge in [0, 0.05) is 6.54 Å². The first-order chi connectivity index (χ1) is 12.1. The second-order valence-corrected chi connectivity index (χ2v) is 7.54. The first kappa shape index (κ1) is 17.6. The van der Waals surface area contributed by atoms with Crippen LogP contribution in [0.3, 0.4) is 0 Å². The van der Waals surface area contributed by atoms with Gasteiger partial charge >= 0.3 is 0 Å². The highest BCUT2D eigenvalue weighted by Crippen LogP contribution is 2.32. The standard InChI is InChI=1S/C21H19NOS2/c1-16(14-18-10-6-3-7-11-18)15-19-20(23)22(21(24)25-19)13-12-17-8-4-2-5-9-17/h2-11,14-15H,12-13H2,1H3. The zero-order valence-corrected chi connectivity index (χ0v) is 15.6. The third kappa shape index (κ3) is 4.68. The summed E-state index contributed by atoms with van der Waals surface area (Å²) in [5.41, 5.74) is 3.37. The summed E-state index contributed by atoms with van der Waals surface area (Å²) in [6.45, 7) is 2.62. The minimum absolute atomic E-state index is 0.00624. The average Bonchev–Trinajstić information content (AvgIpc) is 2.88. The van der Waals surface area contributed by atoms with E-state index in [1.54, 1.807) is 4.90 Å². The highest BCUT2D eigenvalue weighted by molar-refractivity contribution is 8.26. The third-order valence-electron chi connectivity index (χ3n) is 3.89. The first-order valence-electron chi connectivity index (χ1n) is 8.16. The largest absolute Gasteiger partial charge is 0.293 e. The van der Waals surface area contributed by atoms with Crippen LogP contribution in [0, 0.1) is 0 Å². The molecular weight excluding hydrogens is 346 g/mol. The maximum Gasteiger partial charge on any atom is 0.266 e. The number of thioether (sulfide) groups is 1. The minimum atomic E-state index is 0.00624. The van der Waals surface area contributed by atoms with Gasteiger partial charge in [0.15, 0.2) is 0 Å². The quantitative estimate of drug-likeness (QED) is 0.544. The molecule has 2 aromatic carbocycles. The molecule has 1 heterocycles. The van der Waals surface area contributed by atoms with Gasteiger partial charge < -0.3 is 0 Å². The Bertz CT molecular complexity index is 825. The van der Waals surface area contributed by atoms with E-state index in [2.05, 4.69) is 18.2 Å². The summed E-state index contributed by atoms with van der Waals surface area (Å²) in [5.74, 6) is 0.00624. The molecule has 1 aliphatic heterocycles. The van der Waals surface area contributed by atoms with Crippen molar-refractivity contribution in [3.05, 3.63) is 88.3 Å². The summed E-state index contributed by atoms with van der Waals surface area (Å²) < 4.78 is 0.639. The Labute approximate surface area is 158 Å². The lowest BCUT2D eigenvalue weighted by Crippen LogP contribution is -2.30. The van der Waals surface area contributed by atoms with Crippen molar-refractivity contribution in [2.45, 2.75) is 13.3 Å². The van der Waals surface area contributed by atoms with E-state index in [0.29, 0.717) is 15.8 Å². The lowest BCUT2D eigenvalue weighted by atomic mass is 10.1. The van der Waals surface area contributed by atoms with E-state index in [0.717, 1.165) is 17.6 Å². The van der Waals surface area contributed by atoms with Gasteiger partial charge in [-0.2, -0.15) is 0 Å². The van der Waals surface area contributed by atoms with Crippen molar-refractivity contribution in [1.29, 1.82) is 0 Å². The fraction of sp³-hybridized carbons (Fsp3) is 0.143. The highest BCUT2D eigenvalue weighted by atomic mass is 32.2. The summed E-state index contributed by atoms with van der Waals surface area (Å²) in [6.07, 6.45) is 4.80. The van der Waals surface area contributed by atoms with Gasteiger partial charge in [0.05, 0.1) is 4.91 Å². The highest BCUT2D eigenvalue weighted by Gasteiger charge is 2.31. The minimum Gasteiger partial charge on any atom is -0.293 e. The third-order valence-corrected chi connectivity index (χ3v) is 5.27. The van der Waals surface area contributed by atoms with Crippen molar-refractivity contribution < 1.29 is 4.79 Å². The molecule has 0 atom stereocenters. The molecule has 0 radical (unpaired) electrons. The summed E-state index contributed by atoms with van der Waals surface area (Å²) in [4.78, 5) is 15.0. The molecule has 25 heavy (non-hydrogen) atoms. The molecule has 1 fully saturated rings. The van der Waals surface area contributed by atoms with Crippen LogP contribution >= 0.6 is 24.0 Å². The van der Waals surface area contributed by atoms with Crippen molar-refractivity contribution in [3.63, 3.8) is 0 Å². The molecule has 0 aliphatic carbocycles. The Morgan fingerprint density at radius 3 is 2.40 bits per heavy atom. The van der Waals surface area contributed by atoms with Crippen molar-refractivity contribution >= 4 is 40.3 Å². The van der Waals surface area contributed by atoms with Gasteiger partial charge in [-0.05, 0) is 36.1 Å². The number of hydrogen-bond acceptors (Lipinski definition) is 3. The van der Waals surface area contributed by atoms with Gasteiger partial charge in [-0.1, -0.05) is 90.7 Å². The molecular formula is C21H19NOS2. The Hall–Kier alpha value is -2.17. The molecule has 2 aromatic rings. The van der Waals surface area contributed by atoms with E-state index in [1.165, 1.54) is 17.3 Å². The number of amides is 1. The van der Waals surface area contributed by atoms with E-state index < -0.39 is 0 Å². The van der Waals surface area contributed by atoms with Crippen LogP contribution in [0.1, 0.15) is 18.1 Å². The fourth-order valence-corrected chi connectivity index (χ4v) is 4.00. The van der Waals surface area contributed by atoms with Crippen molar-refractivity contribution in [2.75, 3.05) is 6.54 Å². The Morgan fingerprint density at radius 1 is 1.08 bits per heavy atom. The molecule has 126 valence electrons. The smallest absolute Gasteiger partial charge is 0.266 e. The topological polar surface area (TPSA) is 20.3 Å². The monoisotopic (exact) mass is 365 g/mol. The Balaban J connectivity index is 1.69. The average molecular weight is 366 g/mol. The van der Waals surface area contributed by atoms with Crippen LogP contribution < -0.4 is 0 Å². The number of hydrogen-bond donors (Lipinski definition) is 0. The van der Waals surface area contributed by atoms with Crippen LogP contribution in [0.15, 0.2) is 77.2 Å². The molecule has 1 amide bonds. The summed E-state index contributed by atoms with van der Waals surface area (Å²) in [7, 11) is 0. The molecule has 1 saturated heterocycles. The predicted octanol–water partition coefficient (Wildman–Crippen LogP) is 5.08. The fourth-order valence-electron chi connectivity index (χ4n) is 2.64. The number of carbonyl (C=O) groups is 1. The molecule has 0 N–H and O–H groups in total. The van der Waals surface area contributed by atoms with Gasteiger partial charge in [-0.3, -0.25) is 9.69 Å². The van der Waals surface area contributed by atoms with E-state index >= 15 is 0 Å². The van der Waals surface area contributed by atoms with Crippen LogP contribution in [0.5, 0.6) is 0 Å². The van der Waals surface area contributed by atoms with Crippen LogP contribution in [0.2, 0.25) is 0 Å². The molecule has 2 nitrogen and oxygen atoms in total. The number of thiocarbonyl (C=S) groups is 1. The maximum atomic E-state index is 12.6. The molecule has 0 saturated carbocycles. The SMILES string of the molecule is CC(=Cc1ccccc1)C=C1SC(=S)N(CCc2ccccc2)C1=O. The molecule has 4 heteroatoms. The molecule has 0 spiro atoms. The summed E-state index contributed by atoms with van der Waals surface area (Å²) >= 11 is 6.78. The van der Waals surface area contributed by atoms with Crippen molar-refractivity contribution in [2.24, 2.45) is 0 Å². The van der Waals surface area contributed by atoms with Crippen LogP contribution in [0.25, 0.3) is 6.08 Å². The lowest BCUT2D eigenvalue weighted by molar-refractivity contribution is -0.122. The van der Waals surface area contributed by atoms with Crippen molar-refractivity contribution in [3.8, 4) is 0 Å². The van der Waals surface area contributed by atoms with Gasteiger partial charge in [0.2, 0.25) is 0 Å². The van der Waals surface area contributed by atoms with Gasteiger partial charge in [0.25, 0.3) is 5.91 Å². The summed E-state index contributed by atoms with van der Waals surface area (Å²) in [5, 5.41) is 0. The lowest BCUT2D eigenvalue weighted by Gasteiger charge is -2.14. The molecule has 0 bridgehead atoms. The number of nitrogens with zero attached hydrogens (tertiary/aromatic N) is 1. The Kier molecular flexibility index (Phi) is 5.84. The molecule has 0 unspecified atom stereocenters. The van der Waals surface area contributed by atoms with E-state index in [-0.39, 0.29) is 5.91 Å². The van der Waals surface area contributed by atoms with E-state index in [1.807, 2.05) is 61.5 Å². The van der Waals surface area contributed by atoms with E-state index in [9.17, 15) is 4.79 Å². The van der Waals surface area contributed by atoms with Gasteiger partial charge in [0.1, 0.15) is 4.32 Å². The molecule has 0 aromatic heterocycles. The molecule has 1 aliphatic rings. The van der Waals surface area contributed by atoms with Crippen LogP contribution in [-0.4, -0.2) is 21.7 Å². The van der Waals surface area contributed by atoms with Crippen molar-refractivity contribution in [1.82, 2.24) is 4.90 Å². The number of carbonyl (C=O) groups excluding carboxylic acids is 1. The number of benzene rings is 2. The number of allylic oxidation sites excluding steroid dienone is 2. The van der Waals surface area contributed by atoms with Gasteiger partial charge in [-0.15, -0.1) is 0 Å².